The van der Waals surface area contributed by atoms with Gasteiger partial charge in [0.1, 0.15) is 5.75 Å². The molecule has 31 heavy (non-hydrogen) atoms. The molecule has 2 amide bonds. The Labute approximate surface area is 182 Å². The maximum atomic E-state index is 12.5. The number of amides is 2. The van der Waals surface area contributed by atoms with E-state index in [1.165, 1.54) is 6.92 Å². The number of para-hydroxylation sites is 1. The monoisotopic (exact) mass is 439 g/mol. The van der Waals surface area contributed by atoms with E-state index in [1.54, 1.807) is 48.5 Å². The molecule has 0 aliphatic carbocycles. The van der Waals surface area contributed by atoms with E-state index < -0.39 is 5.56 Å². The van der Waals surface area contributed by atoms with Crippen LogP contribution in [-0.4, -0.2) is 39.4 Å². The summed E-state index contributed by atoms with van der Waals surface area (Å²) in [5.41, 5.74) is 1.16. The molecule has 0 aliphatic rings. The number of nitrogens with zero attached hydrogens (tertiary/aromatic N) is 2. The van der Waals surface area contributed by atoms with E-state index in [-0.39, 0.29) is 28.4 Å². The fourth-order valence-electron chi connectivity index (χ4n) is 2.68. The Balaban J connectivity index is 1.64. The summed E-state index contributed by atoms with van der Waals surface area (Å²) < 4.78 is 5.36. The molecule has 0 saturated carbocycles. The number of rotatable bonds is 8. The van der Waals surface area contributed by atoms with E-state index in [9.17, 15) is 14.4 Å². The second-order valence-corrected chi connectivity index (χ2v) is 7.29. The summed E-state index contributed by atoms with van der Waals surface area (Å²) in [6.07, 6.45) is 0. The number of nitrogens with one attached hydrogen (secondary N) is 3. The van der Waals surface area contributed by atoms with E-state index in [0.717, 1.165) is 17.5 Å². The first-order valence-corrected chi connectivity index (χ1v) is 10.4. The second-order valence-electron chi connectivity index (χ2n) is 6.33. The lowest BCUT2D eigenvalue weighted by Crippen LogP contribution is -2.18. The highest BCUT2D eigenvalue weighted by atomic mass is 32.2. The number of anilines is 2. The zero-order valence-electron chi connectivity index (χ0n) is 17.0. The van der Waals surface area contributed by atoms with Crippen LogP contribution < -0.4 is 20.9 Å². The lowest BCUT2D eigenvalue weighted by atomic mass is 10.1. The maximum absolute atomic E-state index is 12.5. The highest BCUT2D eigenvalue weighted by Crippen LogP contribution is 2.24. The van der Waals surface area contributed by atoms with Crippen molar-refractivity contribution in [3.8, 4) is 17.0 Å². The number of carbonyl (C=O) groups excluding carboxylic acids is 2. The molecule has 0 atom stereocenters. The van der Waals surface area contributed by atoms with Crippen LogP contribution in [0.2, 0.25) is 0 Å². The third kappa shape index (κ3) is 6.16. The zero-order valence-corrected chi connectivity index (χ0v) is 17.8. The SMILES string of the molecule is CCOc1ccc(NC(=O)CSc2nnc(-c3ccccc3NC(C)=O)c(=O)[nH]2)cc1. The molecule has 1 aromatic heterocycles. The summed E-state index contributed by atoms with van der Waals surface area (Å²) in [6.45, 7) is 3.85. The third-order valence-electron chi connectivity index (χ3n) is 3.96. The van der Waals surface area contributed by atoms with Crippen molar-refractivity contribution in [2.45, 2.75) is 19.0 Å². The molecule has 0 bridgehead atoms. The van der Waals surface area contributed by atoms with Crippen LogP contribution in [-0.2, 0) is 9.59 Å². The Hall–Kier alpha value is -3.66. The van der Waals surface area contributed by atoms with Gasteiger partial charge in [-0.1, -0.05) is 30.0 Å². The number of hydrogen-bond acceptors (Lipinski definition) is 7. The predicted octanol–water partition coefficient (Wildman–Crippen LogP) is 2.92. The van der Waals surface area contributed by atoms with E-state index in [1.807, 2.05) is 6.92 Å². The van der Waals surface area contributed by atoms with Gasteiger partial charge in [-0.15, -0.1) is 10.2 Å². The average molecular weight is 439 g/mol. The van der Waals surface area contributed by atoms with Gasteiger partial charge in [-0.25, -0.2) is 0 Å². The molecule has 2 aromatic carbocycles. The second kappa shape index (κ2) is 10.4. The van der Waals surface area contributed by atoms with Crippen LogP contribution in [0.1, 0.15) is 13.8 Å². The zero-order chi connectivity index (χ0) is 22.2. The lowest BCUT2D eigenvalue weighted by molar-refractivity contribution is -0.114. The Kier molecular flexibility index (Phi) is 7.39. The number of ether oxygens (including phenoxy) is 1. The first-order valence-electron chi connectivity index (χ1n) is 9.45. The molecule has 0 aliphatic heterocycles. The summed E-state index contributed by atoms with van der Waals surface area (Å²) in [6, 6.07) is 13.8. The van der Waals surface area contributed by atoms with Gasteiger partial charge < -0.3 is 15.4 Å². The van der Waals surface area contributed by atoms with Gasteiger partial charge in [0.05, 0.1) is 18.0 Å². The Morgan fingerprint density at radius 1 is 1.06 bits per heavy atom. The molecule has 0 radical (unpaired) electrons. The van der Waals surface area contributed by atoms with Gasteiger partial charge in [0, 0.05) is 18.2 Å². The molecule has 9 nitrogen and oxygen atoms in total. The quantitative estimate of drug-likeness (QED) is 0.461. The van der Waals surface area contributed by atoms with Gasteiger partial charge in [-0.05, 0) is 37.3 Å². The highest BCUT2D eigenvalue weighted by molar-refractivity contribution is 7.99. The summed E-state index contributed by atoms with van der Waals surface area (Å²) >= 11 is 1.06. The van der Waals surface area contributed by atoms with Crippen LogP contribution >= 0.6 is 11.8 Å². The summed E-state index contributed by atoms with van der Waals surface area (Å²) in [4.78, 5) is 38.7. The molecular formula is C21H21N5O4S. The fourth-order valence-corrected chi connectivity index (χ4v) is 3.29. The van der Waals surface area contributed by atoms with Crippen LogP contribution in [0, 0.1) is 0 Å². The van der Waals surface area contributed by atoms with Crippen LogP contribution in [0.5, 0.6) is 5.75 Å². The van der Waals surface area contributed by atoms with Gasteiger partial charge in [-0.2, -0.15) is 0 Å². The minimum Gasteiger partial charge on any atom is -0.494 e. The van der Waals surface area contributed by atoms with Crippen molar-refractivity contribution in [2.24, 2.45) is 0 Å². The van der Waals surface area contributed by atoms with Gasteiger partial charge in [0.25, 0.3) is 5.56 Å². The van der Waals surface area contributed by atoms with Crippen molar-refractivity contribution >= 4 is 35.0 Å². The first-order chi connectivity index (χ1) is 15.0. The number of aromatic amines is 1. The first kappa shape index (κ1) is 22.0. The molecular weight excluding hydrogens is 418 g/mol. The molecule has 0 saturated heterocycles. The van der Waals surface area contributed by atoms with Gasteiger partial charge >= 0.3 is 0 Å². The lowest BCUT2D eigenvalue weighted by Gasteiger charge is -2.09. The third-order valence-corrected chi connectivity index (χ3v) is 4.82. The van der Waals surface area contributed by atoms with E-state index in [4.69, 9.17) is 4.74 Å². The molecule has 0 spiro atoms. The number of hydrogen-bond donors (Lipinski definition) is 3. The Morgan fingerprint density at radius 3 is 2.48 bits per heavy atom. The fraction of sp³-hybridized carbons (Fsp3) is 0.190. The van der Waals surface area contributed by atoms with E-state index in [2.05, 4.69) is 25.8 Å². The number of H-pyrrole nitrogens is 1. The van der Waals surface area contributed by atoms with Crippen LogP contribution in [0.3, 0.4) is 0 Å². The number of aromatic nitrogens is 3. The van der Waals surface area contributed by atoms with E-state index >= 15 is 0 Å². The van der Waals surface area contributed by atoms with Crippen molar-refractivity contribution in [1.82, 2.24) is 15.2 Å². The van der Waals surface area contributed by atoms with Crippen LogP contribution in [0.15, 0.2) is 58.5 Å². The Morgan fingerprint density at radius 2 is 1.81 bits per heavy atom. The smallest absolute Gasteiger partial charge is 0.278 e. The molecule has 0 fully saturated rings. The standard InChI is InChI=1S/C21H21N5O4S/c1-3-30-15-10-8-14(9-11-15)23-18(28)12-31-21-24-20(29)19(25-26-21)16-6-4-5-7-17(16)22-13(2)27/h4-11H,3,12H2,1-2H3,(H,22,27)(H,23,28)(H,24,26,29). The molecule has 3 N–H and O–H groups in total. The van der Waals surface area contributed by atoms with Crippen LogP contribution in [0.25, 0.3) is 11.3 Å². The number of carbonyl (C=O) groups is 2. The molecule has 3 aromatic rings. The number of thioether (sulfide) groups is 1. The van der Waals surface area contributed by atoms with Gasteiger partial charge in [0.2, 0.25) is 11.8 Å². The van der Waals surface area contributed by atoms with Gasteiger partial charge in [0.15, 0.2) is 10.9 Å². The molecule has 10 heteroatoms. The van der Waals surface area contributed by atoms with Crippen LogP contribution in [0.4, 0.5) is 11.4 Å². The average Bonchev–Trinajstić information content (AvgIpc) is 2.74. The summed E-state index contributed by atoms with van der Waals surface area (Å²) in [5, 5.41) is 13.6. The summed E-state index contributed by atoms with van der Waals surface area (Å²) in [5.74, 6) is 0.252. The molecule has 0 unspecified atom stereocenters. The van der Waals surface area contributed by atoms with Gasteiger partial charge in [-0.3, -0.25) is 19.4 Å². The van der Waals surface area contributed by atoms with E-state index in [0.29, 0.717) is 23.5 Å². The predicted molar refractivity (Wildman–Crippen MR) is 119 cm³/mol. The van der Waals surface area contributed by atoms with Crippen molar-refractivity contribution in [1.29, 1.82) is 0 Å². The van der Waals surface area contributed by atoms with Crippen molar-refractivity contribution in [2.75, 3.05) is 23.0 Å². The largest absolute Gasteiger partial charge is 0.494 e. The van der Waals surface area contributed by atoms with Crippen molar-refractivity contribution in [3.05, 3.63) is 58.9 Å². The van der Waals surface area contributed by atoms with Crippen molar-refractivity contribution in [3.63, 3.8) is 0 Å². The number of benzene rings is 2. The molecule has 1 heterocycles. The molecule has 3 rings (SSSR count). The molecule has 160 valence electrons. The normalized spacial score (nSPS) is 10.4. The summed E-state index contributed by atoms with van der Waals surface area (Å²) in [7, 11) is 0. The minimum atomic E-state index is -0.470. The Bertz CT molecular complexity index is 1130. The van der Waals surface area contributed by atoms with Crippen molar-refractivity contribution < 1.29 is 14.3 Å². The topological polar surface area (TPSA) is 126 Å². The minimum absolute atomic E-state index is 0.0413. The highest BCUT2D eigenvalue weighted by Gasteiger charge is 2.13. The maximum Gasteiger partial charge on any atom is 0.278 e.